The normalized spacial score (nSPS) is 11.9. The van der Waals surface area contributed by atoms with Crippen LogP contribution in [0.15, 0.2) is 36.5 Å². The standard InChI is InChI=1S/C21H34N4O5.C8H12N2O/c1-4-30-18(26)11-14-25(15-19(28-2)29-3)21(27)23-13-6-8-17-10-9-16-7-5-12-22-20(16)24-17;9-5-3-7-11-8-4-1-2-6-10-8/h9-10,19H,4-8,11-15H2,1-3H3,(H,22,24)(H,23,27);1-2,4,6H,3,5,7,9H2. The molecule has 0 bridgehead atoms. The minimum absolute atomic E-state index is 0.119. The fraction of sp³-hybridized carbons (Fsp3) is 0.586. The number of aryl methyl sites for hydroxylation is 2. The Labute approximate surface area is 243 Å². The maximum Gasteiger partial charge on any atom is 0.317 e. The summed E-state index contributed by atoms with van der Waals surface area (Å²) in [5.41, 5.74) is 7.57. The molecule has 12 nitrogen and oxygen atoms in total. The van der Waals surface area contributed by atoms with Gasteiger partial charge in [-0.1, -0.05) is 12.1 Å². The zero-order valence-corrected chi connectivity index (χ0v) is 24.6. The summed E-state index contributed by atoms with van der Waals surface area (Å²) in [4.78, 5) is 34.4. The van der Waals surface area contributed by atoms with Crippen molar-refractivity contribution in [3.63, 3.8) is 0 Å². The van der Waals surface area contributed by atoms with E-state index in [4.69, 9.17) is 24.7 Å². The number of hydrogen-bond acceptors (Lipinski definition) is 10. The van der Waals surface area contributed by atoms with Crippen LogP contribution in [0.5, 0.6) is 5.88 Å². The number of hydrogen-bond donors (Lipinski definition) is 3. The van der Waals surface area contributed by atoms with Crippen molar-refractivity contribution in [3.05, 3.63) is 47.8 Å². The van der Waals surface area contributed by atoms with Crippen LogP contribution in [0.1, 0.15) is 43.9 Å². The van der Waals surface area contributed by atoms with Crippen molar-refractivity contribution < 1.29 is 28.5 Å². The molecular formula is C29H46N6O6. The van der Waals surface area contributed by atoms with Crippen molar-refractivity contribution in [2.24, 2.45) is 5.73 Å². The lowest BCUT2D eigenvalue weighted by molar-refractivity contribution is -0.144. The van der Waals surface area contributed by atoms with Crippen molar-refractivity contribution >= 4 is 17.8 Å². The third kappa shape index (κ3) is 13.6. The molecule has 0 aromatic carbocycles. The predicted octanol–water partition coefficient (Wildman–Crippen LogP) is 2.77. The first-order valence-corrected chi connectivity index (χ1v) is 14.2. The minimum atomic E-state index is -0.565. The number of ether oxygens (including phenoxy) is 4. The molecule has 0 atom stereocenters. The van der Waals surface area contributed by atoms with E-state index in [0.717, 1.165) is 50.2 Å². The Morgan fingerprint density at radius 2 is 2.00 bits per heavy atom. The lowest BCUT2D eigenvalue weighted by Gasteiger charge is -2.26. The molecule has 0 aliphatic carbocycles. The van der Waals surface area contributed by atoms with E-state index in [2.05, 4.69) is 32.7 Å². The third-order valence-corrected chi connectivity index (χ3v) is 6.15. The van der Waals surface area contributed by atoms with Gasteiger partial charge in [-0.15, -0.1) is 0 Å². The van der Waals surface area contributed by atoms with Crippen LogP contribution in [0.3, 0.4) is 0 Å². The molecule has 3 rings (SSSR count). The number of nitrogens with zero attached hydrogens (tertiary/aromatic N) is 3. The molecule has 228 valence electrons. The fourth-order valence-electron chi connectivity index (χ4n) is 3.94. The second-order valence-corrected chi connectivity index (χ2v) is 9.24. The lowest BCUT2D eigenvalue weighted by atomic mass is 10.1. The van der Waals surface area contributed by atoms with Gasteiger partial charge in [0.05, 0.1) is 26.2 Å². The summed E-state index contributed by atoms with van der Waals surface area (Å²) < 4.78 is 20.6. The first-order chi connectivity index (χ1) is 20.0. The van der Waals surface area contributed by atoms with E-state index in [-0.39, 0.29) is 31.5 Å². The highest BCUT2D eigenvalue weighted by molar-refractivity contribution is 5.75. The summed E-state index contributed by atoms with van der Waals surface area (Å²) in [5, 5.41) is 6.24. The summed E-state index contributed by atoms with van der Waals surface area (Å²) in [5.74, 6) is 1.31. The van der Waals surface area contributed by atoms with Crippen LogP contribution in [0, 0.1) is 0 Å². The molecule has 2 aromatic rings. The van der Waals surface area contributed by atoms with Gasteiger partial charge in [-0.25, -0.2) is 14.8 Å². The van der Waals surface area contributed by atoms with E-state index < -0.39 is 6.29 Å². The van der Waals surface area contributed by atoms with Gasteiger partial charge in [0.1, 0.15) is 5.82 Å². The lowest BCUT2D eigenvalue weighted by Crippen LogP contribution is -2.46. The molecule has 2 aromatic heterocycles. The van der Waals surface area contributed by atoms with Crippen molar-refractivity contribution in [3.8, 4) is 5.88 Å². The van der Waals surface area contributed by atoms with Gasteiger partial charge in [0, 0.05) is 51.8 Å². The molecule has 0 spiro atoms. The van der Waals surface area contributed by atoms with Crippen molar-refractivity contribution in [2.75, 3.05) is 65.5 Å². The third-order valence-electron chi connectivity index (χ3n) is 6.15. The van der Waals surface area contributed by atoms with E-state index in [1.165, 1.54) is 24.7 Å². The molecule has 1 aliphatic rings. The van der Waals surface area contributed by atoms with E-state index in [1.54, 1.807) is 13.1 Å². The SMILES string of the molecule is CCOC(=O)CCN(CC(OC)OC)C(=O)NCCCc1ccc2c(n1)NCCC2.NCCCOc1ccccn1. The monoisotopic (exact) mass is 574 g/mol. The van der Waals surface area contributed by atoms with Gasteiger partial charge < -0.3 is 40.2 Å². The number of urea groups is 1. The van der Waals surface area contributed by atoms with Crippen LogP contribution in [0.2, 0.25) is 0 Å². The smallest absolute Gasteiger partial charge is 0.317 e. The summed E-state index contributed by atoms with van der Waals surface area (Å²) in [7, 11) is 3.02. The number of fused-ring (bicyclic) bond motifs is 1. The Morgan fingerprint density at radius 3 is 2.71 bits per heavy atom. The highest BCUT2D eigenvalue weighted by Gasteiger charge is 2.20. The van der Waals surface area contributed by atoms with Gasteiger partial charge in [-0.05, 0) is 63.3 Å². The van der Waals surface area contributed by atoms with Crippen LogP contribution in [0.25, 0.3) is 0 Å². The van der Waals surface area contributed by atoms with Crippen LogP contribution in [0.4, 0.5) is 10.6 Å². The molecule has 0 fully saturated rings. The van der Waals surface area contributed by atoms with Gasteiger partial charge in [-0.3, -0.25) is 4.79 Å². The second kappa shape index (κ2) is 20.4. The topological polar surface area (TPSA) is 150 Å². The Bertz CT molecular complexity index is 1010. The molecule has 41 heavy (non-hydrogen) atoms. The average molecular weight is 575 g/mol. The maximum atomic E-state index is 12.6. The maximum absolute atomic E-state index is 12.6. The molecule has 0 saturated heterocycles. The number of carbonyl (C=O) groups excluding carboxylic acids is 2. The highest BCUT2D eigenvalue weighted by atomic mass is 16.7. The van der Waals surface area contributed by atoms with Gasteiger partial charge in [0.15, 0.2) is 6.29 Å². The summed E-state index contributed by atoms with van der Waals surface area (Å²) in [6.45, 7) is 5.29. The Morgan fingerprint density at radius 1 is 1.17 bits per heavy atom. The fourth-order valence-corrected chi connectivity index (χ4v) is 3.94. The zero-order valence-electron chi connectivity index (χ0n) is 24.6. The van der Waals surface area contributed by atoms with Crippen LogP contribution < -0.4 is 21.1 Å². The number of nitrogens with one attached hydrogen (secondary N) is 2. The van der Waals surface area contributed by atoms with E-state index in [0.29, 0.717) is 32.2 Å². The number of pyridine rings is 2. The molecule has 4 N–H and O–H groups in total. The molecule has 1 aliphatic heterocycles. The molecule has 0 unspecified atom stereocenters. The quantitative estimate of drug-likeness (QED) is 0.155. The highest BCUT2D eigenvalue weighted by Crippen LogP contribution is 2.20. The summed E-state index contributed by atoms with van der Waals surface area (Å²) in [6.07, 6.45) is 5.88. The van der Waals surface area contributed by atoms with Crippen LogP contribution >= 0.6 is 0 Å². The number of esters is 1. The largest absolute Gasteiger partial charge is 0.478 e. The molecule has 2 amide bonds. The number of nitrogens with two attached hydrogens (primary N) is 1. The van der Waals surface area contributed by atoms with Crippen molar-refractivity contribution in [1.82, 2.24) is 20.2 Å². The second-order valence-electron chi connectivity index (χ2n) is 9.24. The first-order valence-electron chi connectivity index (χ1n) is 14.2. The molecule has 12 heteroatoms. The molecule has 0 radical (unpaired) electrons. The Balaban J connectivity index is 0.000000446. The summed E-state index contributed by atoms with van der Waals surface area (Å²) >= 11 is 0. The Hall–Kier alpha value is -3.48. The molecule has 3 heterocycles. The van der Waals surface area contributed by atoms with E-state index in [9.17, 15) is 9.59 Å². The Kier molecular flexibility index (Phi) is 16.8. The number of aromatic nitrogens is 2. The molecular weight excluding hydrogens is 528 g/mol. The summed E-state index contributed by atoms with van der Waals surface area (Å²) in [6, 6.07) is 9.51. The number of carbonyl (C=O) groups is 2. The molecule has 0 saturated carbocycles. The first kappa shape index (κ1) is 33.7. The predicted molar refractivity (Wildman–Crippen MR) is 157 cm³/mol. The van der Waals surface area contributed by atoms with E-state index in [1.807, 2.05) is 18.2 Å². The minimum Gasteiger partial charge on any atom is -0.478 e. The van der Waals surface area contributed by atoms with Crippen molar-refractivity contribution in [1.29, 1.82) is 0 Å². The van der Waals surface area contributed by atoms with Gasteiger partial charge in [-0.2, -0.15) is 0 Å². The number of anilines is 1. The average Bonchev–Trinajstić information content (AvgIpc) is 3.00. The zero-order chi connectivity index (χ0) is 29.7. The number of methoxy groups -OCH3 is 2. The van der Waals surface area contributed by atoms with Crippen molar-refractivity contribution in [2.45, 2.75) is 51.7 Å². The van der Waals surface area contributed by atoms with Gasteiger partial charge in [0.2, 0.25) is 5.88 Å². The van der Waals surface area contributed by atoms with E-state index >= 15 is 0 Å². The van der Waals surface area contributed by atoms with Gasteiger partial charge >= 0.3 is 12.0 Å². The van der Waals surface area contributed by atoms with Crippen LogP contribution in [-0.2, 0) is 31.8 Å². The number of rotatable bonds is 16. The van der Waals surface area contributed by atoms with Crippen LogP contribution in [-0.4, -0.2) is 93.3 Å². The van der Waals surface area contributed by atoms with Gasteiger partial charge in [0.25, 0.3) is 0 Å². The number of amides is 2.